The zero-order valence-corrected chi connectivity index (χ0v) is 13.8. The number of hydrogen-bond donors (Lipinski definition) is 3. The Morgan fingerprint density at radius 1 is 1.20 bits per heavy atom. The van der Waals surface area contributed by atoms with E-state index < -0.39 is 17.6 Å². The second kappa shape index (κ2) is 5.82. The normalized spacial score (nSPS) is 24.3. The number of nitrogens with zero attached hydrogens (tertiary/aromatic N) is 1. The van der Waals surface area contributed by atoms with E-state index >= 15 is 0 Å². The molecule has 2 atom stereocenters. The average Bonchev–Trinajstić information content (AvgIpc) is 2.85. The van der Waals surface area contributed by atoms with Crippen LogP contribution < -0.4 is 11.3 Å². The Morgan fingerprint density at radius 3 is 2.64 bits per heavy atom. The van der Waals surface area contributed by atoms with Gasteiger partial charge in [0.1, 0.15) is 5.56 Å². The number of aliphatic hydroxyl groups is 1. The van der Waals surface area contributed by atoms with Crippen molar-refractivity contribution in [3.05, 3.63) is 69.6 Å². The average molecular weight is 339 g/mol. The Morgan fingerprint density at radius 2 is 1.92 bits per heavy atom. The zero-order chi connectivity index (χ0) is 17.6. The van der Waals surface area contributed by atoms with Crippen LogP contribution in [0.2, 0.25) is 0 Å². The summed E-state index contributed by atoms with van der Waals surface area (Å²) in [4.78, 5) is 28.7. The number of nitrogens with two attached hydrogens (primary N) is 1. The van der Waals surface area contributed by atoms with Gasteiger partial charge in [-0.25, -0.2) is 0 Å². The third-order valence-corrected chi connectivity index (χ3v) is 5.75. The number of aromatic amines is 1. The third kappa shape index (κ3) is 2.33. The maximum Gasteiger partial charge on any atom is 0.260 e. The molecule has 1 amide bonds. The van der Waals surface area contributed by atoms with Crippen LogP contribution in [0.15, 0.2) is 47.4 Å². The molecule has 2 aromatic rings. The lowest BCUT2D eigenvalue weighted by molar-refractivity contribution is 0.0262. The summed E-state index contributed by atoms with van der Waals surface area (Å²) in [5.41, 5.74) is 7.69. The predicted molar refractivity (Wildman–Crippen MR) is 93.3 cm³/mol. The summed E-state index contributed by atoms with van der Waals surface area (Å²) in [6, 6.07) is 10.7. The largest absolute Gasteiger partial charge is 0.390 e. The number of aliphatic hydroxyl groups excluding tert-OH is 1. The van der Waals surface area contributed by atoms with Crippen molar-refractivity contribution in [2.45, 2.75) is 30.4 Å². The van der Waals surface area contributed by atoms with Crippen molar-refractivity contribution in [3.63, 3.8) is 0 Å². The lowest BCUT2D eigenvalue weighted by Crippen LogP contribution is -2.50. The summed E-state index contributed by atoms with van der Waals surface area (Å²) in [6.07, 6.45) is 2.13. The first-order valence-corrected chi connectivity index (χ1v) is 8.55. The molecule has 0 bridgehead atoms. The summed E-state index contributed by atoms with van der Waals surface area (Å²) < 4.78 is 0. The summed E-state index contributed by atoms with van der Waals surface area (Å²) in [7, 11) is 0. The number of likely N-dealkylation sites (tertiary alicyclic amines) is 1. The molecule has 6 heteroatoms. The molecule has 4 N–H and O–H groups in total. The monoisotopic (exact) mass is 339 g/mol. The molecule has 130 valence electrons. The molecular formula is C19H21N3O3. The minimum atomic E-state index is -0.651. The number of carbonyl (C=O) groups excluding carboxylic acids is 1. The predicted octanol–water partition coefficient (Wildman–Crippen LogP) is 0.923. The Bertz CT molecular complexity index is 868. The van der Waals surface area contributed by atoms with Gasteiger partial charge in [-0.2, -0.15) is 0 Å². The molecule has 1 aromatic carbocycles. The molecule has 0 saturated carbocycles. The van der Waals surface area contributed by atoms with E-state index in [0.717, 1.165) is 11.1 Å². The maximum atomic E-state index is 12.6. The molecular weight excluding hydrogens is 318 g/mol. The van der Waals surface area contributed by atoms with Gasteiger partial charge in [-0.05, 0) is 36.1 Å². The van der Waals surface area contributed by atoms with Gasteiger partial charge < -0.3 is 20.7 Å². The number of nitrogens with one attached hydrogen (secondary N) is 1. The fourth-order valence-electron chi connectivity index (χ4n) is 4.35. The molecule has 1 spiro atoms. The summed E-state index contributed by atoms with van der Waals surface area (Å²) in [5, 5.41) is 10.8. The van der Waals surface area contributed by atoms with Crippen molar-refractivity contribution in [1.82, 2.24) is 9.88 Å². The van der Waals surface area contributed by atoms with Gasteiger partial charge in [-0.1, -0.05) is 24.3 Å². The highest BCUT2D eigenvalue weighted by Gasteiger charge is 2.51. The number of rotatable bonds is 1. The molecule has 0 radical (unpaired) electrons. The van der Waals surface area contributed by atoms with Gasteiger partial charge in [-0.15, -0.1) is 0 Å². The van der Waals surface area contributed by atoms with E-state index in [9.17, 15) is 14.7 Å². The molecule has 1 aromatic heterocycles. The van der Waals surface area contributed by atoms with E-state index in [1.165, 1.54) is 6.20 Å². The van der Waals surface area contributed by atoms with Crippen LogP contribution in [0.25, 0.3) is 0 Å². The molecule has 4 rings (SSSR count). The zero-order valence-electron chi connectivity index (χ0n) is 13.8. The first-order chi connectivity index (χ1) is 12.0. The maximum absolute atomic E-state index is 12.6. The SMILES string of the molecule is N[C@H]1c2ccccc2C2(CCN(C(=O)c3ccc[nH]c3=O)CC2)[C@@H]1O. The molecule has 2 heterocycles. The Kier molecular flexibility index (Phi) is 3.74. The molecule has 1 aliphatic heterocycles. The van der Waals surface area contributed by atoms with E-state index in [-0.39, 0.29) is 17.0 Å². The van der Waals surface area contributed by atoms with Gasteiger partial charge in [0.2, 0.25) is 0 Å². The second-order valence-electron chi connectivity index (χ2n) is 6.92. The van der Waals surface area contributed by atoms with Crippen LogP contribution in [0, 0.1) is 0 Å². The van der Waals surface area contributed by atoms with Gasteiger partial charge in [-0.3, -0.25) is 9.59 Å². The van der Waals surface area contributed by atoms with E-state index in [0.29, 0.717) is 25.9 Å². The number of benzene rings is 1. The van der Waals surface area contributed by atoms with Crippen molar-refractivity contribution in [3.8, 4) is 0 Å². The highest BCUT2D eigenvalue weighted by molar-refractivity contribution is 5.93. The third-order valence-electron chi connectivity index (χ3n) is 5.75. The van der Waals surface area contributed by atoms with E-state index in [1.54, 1.807) is 17.0 Å². The highest BCUT2D eigenvalue weighted by atomic mass is 16.3. The first kappa shape index (κ1) is 16.1. The van der Waals surface area contributed by atoms with Crippen molar-refractivity contribution >= 4 is 5.91 Å². The number of fused-ring (bicyclic) bond motifs is 2. The van der Waals surface area contributed by atoms with Crippen LogP contribution in [0.1, 0.15) is 40.4 Å². The van der Waals surface area contributed by atoms with E-state index in [1.807, 2.05) is 24.3 Å². The lowest BCUT2D eigenvalue weighted by atomic mass is 9.72. The molecule has 6 nitrogen and oxygen atoms in total. The smallest absolute Gasteiger partial charge is 0.260 e. The van der Waals surface area contributed by atoms with Crippen molar-refractivity contribution in [2.24, 2.45) is 5.73 Å². The molecule has 25 heavy (non-hydrogen) atoms. The Balaban J connectivity index is 1.59. The number of hydrogen-bond acceptors (Lipinski definition) is 4. The van der Waals surface area contributed by atoms with Crippen LogP contribution in [-0.4, -0.2) is 40.1 Å². The van der Waals surface area contributed by atoms with Crippen LogP contribution >= 0.6 is 0 Å². The number of piperidine rings is 1. The van der Waals surface area contributed by atoms with Crippen molar-refractivity contribution in [1.29, 1.82) is 0 Å². The van der Waals surface area contributed by atoms with Gasteiger partial charge in [0.05, 0.1) is 12.1 Å². The molecule has 1 aliphatic carbocycles. The number of aromatic nitrogens is 1. The minimum Gasteiger partial charge on any atom is -0.390 e. The fraction of sp³-hybridized carbons (Fsp3) is 0.368. The molecule has 0 unspecified atom stereocenters. The topological polar surface area (TPSA) is 99.4 Å². The van der Waals surface area contributed by atoms with E-state index in [2.05, 4.69) is 4.98 Å². The number of H-pyrrole nitrogens is 1. The van der Waals surface area contributed by atoms with Crippen LogP contribution in [0.5, 0.6) is 0 Å². The first-order valence-electron chi connectivity index (χ1n) is 8.55. The number of amides is 1. The standard InChI is InChI=1S/C19H21N3O3/c20-15-12-4-1-2-6-14(12)19(16(15)23)7-10-22(11-8-19)18(25)13-5-3-9-21-17(13)24/h1-6,9,15-16,23H,7-8,10-11,20H2,(H,21,24)/t15-,16+/m0/s1. The quantitative estimate of drug-likeness (QED) is 0.719. The second-order valence-corrected chi connectivity index (χ2v) is 6.92. The number of pyridine rings is 1. The molecule has 1 saturated heterocycles. The summed E-state index contributed by atoms with van der Waals surface area (Å²) in [6.45, 7) is 0.983. The highest BCUT2D eigenvalue weighted by Crippen LogP contribution is 2.50. The van der Waals surface area contributed by atoms with Gasteiger partial charge >= 0.3 is 0 Å². The van der Waals surface area contributed by atoms with Gasteiger partial charge in [0, 0.05) is 24.7 Å². The van der Waals surface area contributed by atoms with Crippen LogP contribution in [-0.2, 0) is 5.41 Å². The molecule has 1 fully saturated rings. The van der Waals surface area contributed by atoms with Gasteiger partial charge in [0.15, 0.2) is 0 Å². The summed E-state index contributed by atoms with van der Waals surface area (Å²) >= 11 is 0. The van der Waals surface area contributed by atoms with Crippen molar-refractivity contribution in [2.75, 3.05) is 13.1 Å². The van der Waals surface area contributed by atoms with E-state index in [4.69, 9.17) is 5.73 Å². The van der Waals surface area contributed by atoms with Gasteiger partial charge in [0.25, 0.3) is 11.5 Å². The molecule has 2 aliphatic rings. The Labute approximate surface area is 145 Å². The fourth-order valence-corrected chi connectivity index (χ4v) is 4.35. The minimum absolute atomic E-state index is 0.155. The lowest BCUT2D eigenvalue weighted by Gasteiger charge is -2.42. The Hall–Kier alpha value is -2.44. The van der Waals surface area contributed by atoms with Crippen molar-refractivity contribution < 1.29 is 9.90 Å². The number of carbonyl (C=O) groups is 1. The van der Waals surface area contributed by atoms with Crippen LogP contribution in [0.4, 0.5) is 0 Å². The van der Waals surface area contributed by atoms with Crippen LogP contribution in [0.3, 0.4) is 0 Å². The summed E-state index contributed by atoms with van der Waals surface area (Å²) in [5.74, 6) is -0.262.